The van der Waals surface area contributed by atoms with Gasteiger partial charge in [0, 0.05) is 11.3 Å². The molecule has 0 aliphatic heterocycles. The highest BCUT2D eigenvalue weighted by Gasteiger charge is 1.95. The number of alkyl halides is 1. The second-order valence-electron chi connectivity index (χ2n) is 2.15. The maximum atomic E-state index is 5.53. The Hall–Kier alpha value is 0.400. The first-order valence-electron chi connectivity index (χ1n) is 3.30. The van der Waals surface area contributed by atoms with Gasteiger partial charge in [0.05, 0.1) is 10.7 Å². The molecule has 0 atom stereocenters. The summed E-state index contributed by atoms with van der Waals surface area (Å²) in [5, 5.41) is 3.24. The minimum Gasteiger partial charge on any atom is -0.247 e. The van der Waals surface area contributed by atoms with Crippen molar-refractivity contribution in [1.82, 2.24) is 4.98 Å². The molecule has 0 unspecified atom stereocenters. The predicted molar refractivity (Wildman–Crippen MR) is 56.2 cm³/mol. The van der Waals surface area contributed by atoms with Crippen LogP contribution in [0.1, 0.15) is 17.1 Å². The van der Waals surface area contributed by atoms with E-state index in [2.05, 4.69) is 10.4 Å². The van der Waals surface area contributed by atoms with Crippen molar-refractivity contribution in [3.63, 3.8) is 0 Å². The van der Waals surface area contributed by atoms with E-state index < -0.39 is 0 Å². The number of hydrogen-bond donors (Lipinski definition) is 0. The summed E-state index contributed by atoms with van der Waals surface area (Å²) in [5.74, 6) is 0.733. The molecule has 1 rings (SSSR count). The Morgan fingerprint density at radius 2 is 2.36 bits per heavy atom. The lowest BCUT2D eigenvalue weighted by Gasteiger charge is -1.89. The zero-order valence-corrected chi connectivity index (χ0v) is 9.63. The second kappa shape index (κ2) is 5.98. The molecule has 1 aromatic heterocycles. The molecule has 0 radical (unpaired) electrons. The standard InChI is InChI=1S/C7H10ClNS.BrH/c1-6-9-7(5-10-6)3-2-4-8;/h5H,2-4H2,1H3;1H. The Balaban J connectivity index is 0.000001000. The highest BCUT2D eigenvalue weighted by Crippen LogP contribution is 2.09. The molecule has 0 aliphatic carbocycles. The van der Waals surface area contributed by atoms with E-state index in [0.717, 1.165) is 23.7 Å². The Morgan fingerprint density at radius 3 is 2.82 bits per heavy atom. The summed E-state index contributed by atoms with van der Waals surface area (Å²) in [6.45, 7) is 2.02. The van der Waals surface area contributed by atoms with Crippen LogP contribution in [0, 0.1) is 6.92 Å². The van der Waals surface area contributed by atoms with Crippen molar-refractivity contribution in [2.75, 3.05) is 5.88 Å². The molecule has 0 N–H and O–H groups in total. The first-order chi connectivity index (χ1) is 4.83. The second-order valence-corrected chi connectivity index (χ2v) is 3.59. The quantitative estimate of drug-likeness (QED) is 0.757. The van der Waals surface area contributed by atoms with Gasteiger partial charge < -0.3 is 0 Å². The molecule has 1 heterocycles. The van der Waals surface area contributed by atoms with Gasteiger partial charge in [-0.05, 0) is 19.8 Å². The molecule has 0 aliphatic rings. The van der Waals surface area contributed by atoms with E-state index in [1.807, 2.05) is 6.92 Å². The average molecular weight is 257 g/mol. The zero-order chi connectivity index (χ0) is 7.40. The number of hydrogen-bond acceptors (Lipinski definition) is 2. The fraction of sp³-hybridized carbons (Fsp3) is 0.571. The van der Waals surface area contributed by atoms with E-state index in [0.29, 0.717) is 0 Å². The summed E-state index contributed by atoms with van der Waals surface area (Å²) in [4.78, 5) is 4.31. The number of rotatable bonds is 3. The molecule has 0 amide bonds. The van der Waals surface area contributed by atoms with Crippen molar-refractivity contribution in [1.29, 1.82) is 0 Å². The molecule has 64 valence electrons. The van der Waals surface area contributed by atoms with E-state index in [9.17, 15) is 0 Å². The fourth-order valence-electron chi connectivity index (χ4n) is 0.771. The summed E-state index contributed by atoms with van der Waals surface area (Å²) in [5.41, 5.74) is 1.18. The lowest BCUT2D eigenvalue weighted by molar-refractivity contribution is 0.894. The Kier molecular flexibility index (Phi) is 6.19. The van der Waals surface area contributed by atoms with E-state index in [1.165, 1.54) is 5.69 Å². The van der Waals surface area contributed by atoms with Crippen molar-refractivity contribution in [2.24, 2.45) is 0 Å². The minimum atomic E-state index is 0. The molecule has 1 nitrogen and oxygen atoms in total. The first kappa shape index (κ1) is 11.4. The van der Waals surface area contributed by atoms with E-state index in [1.54, 1.807) is 11.3 Å². The molecule has 0 bridgehead atoms. The molecular weight excluding hydrogens is 246 g/mol. The summed E-state index contributed by atoms with van der Waals surface area (Å²) >= 11 is 7.23. The van der Waals surface area contributed by atoms with Gasteiger partial charge in [0.15, 0.2) is 0 Å². The van der Waals surface area contributed by atoms with E-state index in [-0.39, 0.29) is 17.0 Å². The molecule has 4 heteroatoms. The van der Waals surface area contributed by atoms with Crippen molar-refractivity contribution < 1.29 is 0 Å². The van der Waals surface area contributed by atoms with Gasteiger partial charge in [-0.1, -0.05) is 0 Å². The van der Waals surface area contributed by atoms with Gasteiger partial charge in [0.1, 0.15) is 0 Å². The normalized spacial score (nSPS) is 9.27. The smallest absolute Gasteiger partial charge is 0.0897 e. The van der Waals surface area contributed by atoms with Gasteiger partial charge >= 0.3 is 0 Å². The largest absolute Gasteiger partial charge is 0.247 e. The first-order valence-corrected chi connectivity index (χ1v) is 4.71. The van der Waals surface area contributed by atoms with Crippen LogP contribution in [0.25, 0.3) is 0 Å². The predicted octanol–water partition coefficient (Wildman–Crippen LogP) is 3.20. The van der Waals surface area contributed by atoms with Crippen LogP contribution in [0.2, 0.25) is 0 Å². The third kappa shape index (κ3) is 4.09. The average Bonchev–Trinajstić information content (AvgIpc) is 2.31. The van der Waals surface area contributed by atoms with Crippen LogP contribution in [0.15, 0.2) is 5.38 Å². The monoisotopic (exact) mass is 255 g/mol. The molecular formula is C7H11BrClNS. The van der Waals surface area contributed by atoms with Crippen LogP contribution in [0.5, 0.6) is 0 Å². The van der Waals surface area contributed by atoms with Crippen molar-refractivity contribution in [2.45, 2.75) is 19.8 Å². The number of thiazole rings is 1. The molecule has 1 aromatic rings. The lowest BCUT2D eigenvalue weighted by atomic mass is 10.3. The summed E-state index contributed by atoms with van der Waals surface area (Å²) in [6, 6.07) is 0. The molecule has 0 fully saturated rings. The maximum absolute atomic E-state index is 5.53. The Morgan fingerprint density at radius 1 is 1.64 bits per heavy atom. The number of aromatic nitrogens is 1. The van der Waals surface area contributed by atoms with Crippen LogP contribution in [0.4, 0.5) is 0 Å². The van der Waals surface area contributed by atoms with Crippen molar-refractivity contribution in [3.8, 4) is 0 Å². The van der Waals surface area contributed by atoms with Crippen molar-refractivity contribution in [3.05, 3.63) is 16.1 Å². The third-order valence-corrected chi connectivity index (χ3v) is 2.32. The van der Waals surface area contributed by atoms with Gasteiger partial charge in [-0.25, -0.2) is 4.98 Å². The summed E-state index contributed by atoms with van der Waals surface area (Å²) < 4.78 is 0. The van der Waals surface area contributed by atoms with E-state index >= 15 is 0 Å². The maximum Gasteiger partial charge on any atom is 0.0897 e. The third-order valence-electron chi connectivity index (χ3n) is 1.23. The van der Waals surface area contributed by atoms with Crippen LogP contribution < -0.4 is 0 Å². The Labute approximate surface area is 86.6 Å². The SMILES string of the molecule is Br.Cc1nc(CCCCl)cs1. The van der Waals surface area contributed by atoms with Crippen molar-refractivity contribution >= 4 is 39.9 Å². The zero-order valence-electron chi connectivity index (χ0n) is 6.34. The molecule has 11 heavy (non-hydrogen) atoms. The Bertz CT molecular complexity index is 202. The lowest BCUT2D eigenvalue weighted by Crippen LogP contribution is -1.85. The van der Waals surface area contributed by atoms with Gasteiger partial charge in [-0.15, -0.1) is 39.9 Å². The van der Waals surface area contributed by atoms with Gasteiger partial charge in [-0.2, -0.15) is 0 Å². The number of halogens is 2. The van der Waals surface area contributed by atoms with Crippen LogP contribution >= 0.6 is 39.9 Å². The summed E-state index contributed by atoms with van der Waals surface area (Å²) in [7, 11) is 0. The minimum absolute atomic E-state index is 0. The highest BCUT2D eigenvalue weighted by molar-refractivity contribution is 8.93. The number of nitrogens with zero attached hydrogens (tertiary/aromatic N) is 1. The van der Waals surface area contributed by atoms with E-state index in [4.69, 9.17) is 11.6 Å². The molecule has 0 saturated heterocycles. The molecule has 0 spiro atoms. The molecule has 0 aromatic carbocycles. The van der Waals surface area contributed by atoms with Gasteiger partial charge in [0.2, 0.25) is 0 Å². The van der Waals surface area contributed by atoms with Crippen LogP contribution in [0.3, 0.4) is 0 Å². The molecule has 0 saturated carbocycles. The number of aryl methyl sites for hydroxylation is 2. The fourth-order valence-corrected chi connectivity index (χ4v) is 1.55. The van der Waals surface area contributed by atoms with Crippen LogP contribution in [-0.2, 0) is 6.42 Å². The van der Waals surface area contributed by atoms with Gasteiger partial charge in [0.25, 0.3) is 0 Å². The summed E-state index contributed by atoms with van der Waals surface area (Å²) in [6.07, 6.45) is 2.05. The van der Waals surface area contributed by atoms with Gasteiger partial charge in [-0.3, -0.25) is 0 Å². The highest BCUT2D eigenvalue weighted by atomic mass is 79.9. The van der Waals surface area contributed by atoms with Crippen LogP contribution in [-0.4, -0.2) is 10.9 Å². The topological polar surface area (TPSA) is 12.9 Å².